The average molecular weight is 596 g/mol. The van der Waals surface area contributed by atoms with Crippen molar-refractivity contribution in [1.29, 1.82) is 0 Å². The number of halogens is 4. The summed E-state index contributed by atoms with van der Waals surface area (Å²) in [6.45, 7) is 5.87. The van der Waals surface area contributed by atoms with Gasteiger partial charge in [-0.2, -0.15) is 18.3 Å². The van der Waals surface area contributed by atoms with Crippen LogP contribution in [0, 0.1) is 5.82 Å². The molecule has 8 nitrogen and oxygen atoms in total. The van der Waals surface area contributed by atoms with E-state index in [-0.39, 0.29) is 17.9 Å². The van der Waals surface area contributed by atoms with Crippen molar-refractivity contribution in [2.24, 2.45) is 7.05 Å². The molecule has 3 heterocycles. The zero-order valence-electron chi connectivity index (χ0n) is 23.9. The first-order valence-corrected chi connectivity index (χ1v) is 13.5. The third kappa shape index (κ3) is 6.52. The van der Waals surface area contributed by atoms with Crippen molar-refractivity contribution in [3.8, 4) is 22.5 Å². The van der Waals surface area contributed by atoms with E-state index in [2.05, 4.69) is 10.4 Å². The number of benzene rings is 2. The van der Waals surface area contributed by atoms with Gasteiger partial charge in [-0.3, -0.25) is 9.48 Å². The number of anilines is 1. The average Bonchev–Trinajstić information content (AvgIpc) is 3.37. The van der Waals surface area contributed by atoms with Crippen LogP contribution < -0.4 is 5.32 Å². The summed E-state index contributed by atoms with van der Waals surface area (Å²) in [5.41, 5.74) is -0.362. The predicted molar refractivity (Wildman–Crippen MR) is 152 cm³/mol. The molecule has 0 saturated carbocycles. The van der Waals surface area contributed by atoms with Gasteiger partial charge in [0.1, 0.15) is 11.4 Å². The lowest BCUT2D eigenvalue weighted by atomic mass is 9.99. The van der Waals surface area contributed by atoms with Crippen LogP contribution in [0.3, 0.4) is 0 Å². The van der Waals surface area contributed by atoms with Crippen molar-refractivity contribution in [2.75, 3.05) is 11.9 Å². The Morgan fingerprint density at radius 2 is 1.74 bits per heavy atom. The highest BCUT2D eigenvalue weighted by Gasteiger charge is 2.36. The van der Waals surface area contributed by atoms with Gasteiger partial charge in [0.2, 0.25) is 0 Å². The molecule has 1 N–H and O–H groups in total. The SMILES string of the molecule is Cn1ccc(-c2cc(C(=O)Nc3cc4c(nc3-c3ccccc3)CN(C(=O)OC(C)(C)C)CC4)c(F)cc2C(F)(F)F)n1. The number of carbonyl (C=O) groups is 2. The van der Waals surface area contributed by atoms with Crippen LogP contribution in [0.2, 0.25) is 0 Å². The summed E-state index contributed by atoms with van der Waals surface area (Å²) >= 11 is 0. The number of nitrogens with one attached hydrogen (secondary N) is 1. The van der Waals surface area contributed by atoms with Crippen molar-refractivity contribution in [3.05, 3.63) is 89.0 Å². The number of nitrogens with zero attached hydrogens (tertiary/aromatic N) is 4. The van der Waals surface area contributed by atoms with E-state index < -0.39 is 46.3 Å². The molecule has 0 atom stereocenters. The molecule has 4 aromatic rings. The number of hydrogen-bond donors (Lipinski definition) is 1. The van der Waals surface area contributed by atoms with Crippen LogP contribution in [0.25, 0.3) is 22.5 Å². The molecule has 0 unspecified atom stereocenters. The van der Waals surface area contributed by atoms with Gasteiger partial charge in [0, 0.05) is 30.9 Å². The van der Waals surface area contributed by atoms with Crippen LogP contribution in [0.4, 0.5) is 28.0 Å². The number of pyridine rings is 1. The van der Waals surface area contributed by atoms with Crippen LogP contribution in [0.5, 0.6) is 0 Å². The quantitative estimate of drug-likeness (QED) is 0.261. The number of aromatic nitrogens is 3. The fourth-order valence-corrected chi connectivity index (χ4v) is 4.80. The second-order valence-corrected chi connectivity index (χ2v) is 11.2. The summed E-state index contributed by atoms with van der Waals surface area (Å²) in [6.07, 6.45) is -3.48. The third-order valence-corrected chi connectivity index (χ3v) is 6.78. The first-order valence-electron chi connectivity index (χ1n) is 13.5. The molecule has 2 aromatic carbocycles. The van der Waals surface area contributed by atoms with Gasteiger partial charge < -0.3 is 15.0 Å². The fourth-order valence-electron chi connectivity index (χ4n) is 4.80. The maximum absolute atomic E-state index is 15.1. The molecule has 224 valence electrons. The molecule has 12 heteroatoms. The summed E-state index contributed by atoms with van der Waals surface area (Å²) in [5.74, 6) is -2.28. The second kappa shape index (κ2) is 11.2. The fraction of sp³-hybridized carbons (Fsp3) is 0.290. The summed E-state index contributed by atoms with van der Waals surface area (Å²) in [7, 11) is 1.54. The van der Waals surface area contributed by atoms with Crippen LogP contribution in [-0.4, -0.2) is 43.8 Å². The van der Waals surface area contributed by atoms with Crippen molar-refractivity contribution < 1.29 is 31.9 Å². The Bertz CT molecular complexity index is 1690. The van der Waals surface area contributed by atoms with Crippen molar-refractivity contribution in [2.45, 2.75) is 45.5 Å². The molecular formula is C31H29F4N5O3. The molecular weight excluding hydrogens is 566 g/mol. The number of carbonyl (C=O) groups excluding carboxylic acids is 2. The summed E-state index contributed by atoms with van der Waals surface area (Å²) in [4.78, 5) is 32.5. The number of ether oxygens (including phenoxy) is 1. The number of alkyl halides is 3. The minimum Gasteiger partial charge on any atom is -0.444 e. The van der Waals surface area contributed by atoms with Gasteiger partial charge in [-0.25, -0.2) is 14.2 Å². The Balaban J connectivity index is 1.53. The maximum atomic E-state index is 15.1. The van der Waals surface area contributed by atoms with Crippen molar-refractivity contribution in [1.82, 2.24) is 19.7 Å². The van der Waals surface area contributed by atoms with E-state index in [1.165, 1.54) is 24.0 Å². The minimum atomic E-state index is -4.88. The Morgan fingerprint density at radius 3 is 2.37 bits per heavy atom. The van der Waals surface area contributed by atoms with Crippen LogP contribution in [0.15, 0.2) is 60.8 Å². The Hall–Kier alpha value is -4.74. The van der Waals surface area contributed by atoms with Gasteiger partial charge in [-0.1, -0.05) is 30.3 Å². The van der Waals surface area contributed by atoms with E-state index in [4.69, 9.17) is 9.72 Å². The van der Waals surface area contributed by atoms with Crippen molar-refractivity contribution in [3.63, 3.8) is 0 Å². The van der Waals surface area contributed by atoms with Crippen molar-refractivity contribution >= 4 is 17.7 Å². The predicted octanol–water partition coefficient (Wildman–Crippen LogP) is 6.85. The zero-order chi connectivity index (χ0) is 31.1. The molecule has 0 radical (unpaired) electrons. The standard InChI is InChI=1S/C31H29F4N5O3/c1-30(2,3)43-29(42)40-13-10-19-14-25(27(36-26(19)17-40)18-8-6-5-7-9-18)37-28(41)21-15-20(24-11-12-39(4)38-24)22(16-23(21)32)31(33,34)35/h5-9,11-12,14-16H,10,13,17H2,1-4H3,(H,37,41). The van der Waals surface area contributed by atoms with Gasteiger partial charge in [0.15, 0.2) is 0 Å². The van der Waals surface area contributed by atoms with E-state index in [1.807, 2.05) is 0 Å². The molecule has 0 spiro atoms. The maximum Gasteiger partial charge on any atom is 0.417 e. The summed E-state index contributed by atoms with van der Waals surface area (Å²) in [5, 5.41) is 6.69. The molecule has 2 aromatic heterocycles. The highest BCUT2D eigenvalue weighted by atomic mass is 19.4. The normalized spacial score (nSPS) is 13.4. The first kappa shape index (κ1) is 29.7. The van der Waals surface area contributed by atoms with Crippen LogP contribution >= 0.6 is 0 Å². The molecule has 1 aliphatic rings. The molecule has 0 aliphatic carbocycles. The Kier molecular flexibility index (Phi) is 7.72. The molecule has 0 bridgehead atoms. The first-order chi connectivity index (χ1) is 20.2. The van der Waals surface area contributed by atoms with Gasteiger partial charge in [-0.05, 0) is 57.0 Å². The van der Waals surface area contributed by atoms with Crippen LogP contribution in [0.1, 0.15) is 48.0 Å². The van der Waals surface area contributed by atoms with E-state index in [9.17, 15) is 22.8 Å². The highest BCUT2D eigenvalue weighted by Crippen LogP contribution is 2.38. The van der Waals surface area contributed by atoms with Gasteiger partial charge in [0.05, 0.1) is 40.4 Å². The Morgan fingerprint density at radius 1 is 1.02 bits per heavy atom. The number of aryl methyl sites for hydroxylation is 1. The summed E-state index contributed by atoms with van der Waals surface area (Å²) in [6, 6.07) is 13.2. The lowest BCUT2D eigenvalue weighted by Crippen LogP contribution is -2.40. The van der Waals surface area contributed by atoms with E-state index in [1.54, 1.807) is 62.1 Å². The third-order valence-electron chi connectivity index (χ3n) is 6.78. The van der Waals surface area contributed by atoms with Gasteiger partial charge >= 0.3 is 12.3 Å². The topological polar surface area (TPSA) is 89.4 Å². The largest absolute Gasteiger partial charge is 0.444 e. The highest BCUT2D eigenvalue weighted by molar-refractivity contribution is 6.07. The van der Waals surface area contributed by atoms with E-state index in [0.717, 1.165) is 11.6 Å². The molecule has 1 aliphatic heterocycles. The van der Waals surface area contributed by atoms with Gasteiger partial charge in [-0.15, -0.1) is 0 Å². The van der Waals surface area contributed by atoms with Crippen LogP contribution in [-0.2, 0) is 30.9 Å². The molecule has 0 fully saturated rings. The minimum absolute atomic E-state index is 0.0566. The zero-order valence-corrected chi connectivity index (χ0v) is 23.9. The number of hydrogen-bond acceptors (Lipinski definition) is 5. The lowest BCUT2D eigenvalue weighted by molar-refractivity contribution is -0.137. The summed E-state index contributed by atoms with van der Waals surface area (Å²) < 4.78 is 63.4. The number of amides is 2. The monoisotopic (exact) mass is 595 g/mol. The van der Waals surface area contributed by atoms with Gasteiger partial charge in [0.25, 0.3) is 5.91 Å². The number of rotatable bonds is 4. The molecule has 43 heavy (non-hydrogen) atoms. The van der Waals surface area contributed by atoms with E-state index in [0.29, 0.717) is 36.0 Å². The Labute approximate surface area is 245 Å². The second-order valence-electron chi connectivity index (χ2n) is 11.2. The smallest absolute Gasteiger partial charge is 0.417 e. The molecule has 0 saturated heterocycles. The molecule has 2 amide bonds. The lowest BCUT2D eigenvalue weighted by Gasteiger charge is -2.31. The van der Waals surface area contributed by atoms with E-state index >= 15 is 4.39 Å². The number of fused-ring (bicyclic) bond motifs is 1. The molecule has 5 rings (SSSR count).